The summed E-state index contributed by atoms with van der Waals surface area (Å²) in [5, 5.41) is 3.41. The predicted molar refractivity (Wildman–Crippen MR) is 61.4 cm³/mol. The van der Waals surface area contributed by atoms with Crippen molar-refractivity contribution in [3.8, 4) is 0 Å². The van der Waals surface area contributed by atoms with Gasteiger partial charge in [0, 0.05) is 23.3 Å². The second kappa shape index (κ2) is 3.37. The Hall–Kier alpha value is -1.86. The van der Waals surface area contributed by atoms with E-state index in [2.05, 4.69) is 53.9 Å². The topological polar surface area (TPSA) is 15.6 Å². The van der Waals surface area contributed by atoms with Crippen LogP contribution in [0.1, 0.15) is 11.1 Å². The molecule has 0 unspecified atom stereocenters. The summed E-state index contributed by atoms with van der Waals surface area (Å²) >= 11 is 0. The maximum absolute atomic E-state index is 3.41. The van der Waals surface area contributed by atoms with Gasteiger partial charge in [-0.05, 0) is 18.2 Å². The van der Waals surface area contributed by atoms with Crippen molar-refractivity contribution in [3.63, 3.8) is 0 Å². The quantitative estimate of drug-likeness (QED) is 0.714. The Morgan fingerprint density at radius 3 is 2.27 bits per heavy atom. The maximum Gasteiger partial charge on any atom is 0.192 e. The highest BCUT2D eigenvalue weighted by molar-refractivity contribution is 5.83. The van der Waals surface area contributed by atoms with E-state index in [0.29, 0.717) is 0 Å². The lowest BCUT2D eigenvalue weighted by Gasteiger charge is -1.93. The summed E-state index contributed by atoms with van der Waals surface area (Å²) in [6, 6.07) is 18.7. The number of fused-ring (bicyclic) bond motifs is 1. The van der Waals surface area contributed by atoms with Gasteiger partial charge in [0.1, 0.15) is 0 Å². The average Bonchev–Trinajstić information content (AvgIpc) is 2.74. The highest BCUT2D eigenvalue weighted by Crippen LogP contribution is 2.22. The highest BCUT2D eigenvalue weighted by atomic mass is 14.9. The first kappa shape index (κ1) is 8.45. The molecule has 2 aromatic carbocycles. The van der Waals surface area contributed by atoms with E-state index < -0.39 is 0 Å². The zero-order valence-corrected chi connectivity index (χ0v) is 8.27. The lowest BCUT2D eigenvalue weighted by molar-refractivity contribution is -0.465. The van der Waals surface area contributed by atoms with Crippen LogP contribution in [0.2, 0.25) is 0 Å². The van der Waals surface area contributed by atoms with Crippen molar-refractivity contribution in [3.05, 3.63) is 65.7 Å². The summed E-state index contributed by atoms with van der Waals surface area (Å²) in [6.07, 6.45) is 2.19. The molecule has 0 saturated heterocycles. The van der Waals surface area contributed by atoms with Crippen LogP contribution in [0.15, 0.2) is 54.6 Å². The van der Waals surface area contributed by atoms with Crippen molar-refractivity contribution in [2.24, 2.45) is 0 Å². The van der Waals surface area contributed by atoms with Gasteiger partial charge in [0.05, 0.1) is 0 Å². The van der Waals surface area contributed by atoms with E-state index in [4.69, 9.17) is 0 Å². The number of benzene rings is 2. The number of hydrogen-bond acceptors (Lipinski definition) is 1. The molecule has 3 rings (SSSR count). The third-order valence-corrected chi connectivity index (χ3v) is 2.61. The van der Waals surface area contributed by atoms with E-state index in [1.165, 1.54) is 22.5 Å². The van der Waals surface area contributed by atoms with E-state index >= 15 is 0 Å². The minimum absolute atomic E-state index is 1.18. The monoisotopic (exact) mass is 193 g/mol. The first-order valence-corrected chi connectivity index (χ1v) is 5.07. The van der Waals surface area contributed by atoms with Gasteiger partial charge in [-0.3, -0.25) is 0 Å². The molecule has 1 heterocycles. The maximum atomic E-state index is 3.41. The molecule has 0 saturated carbocycles. The number of hydrogen-bond donors (Lipinski definition) is 1. The fourth-order valence-electron chi connectivity index (χ4n) is 1.85. The van der Waals surface area contributed by atoms with Crippen LogP contribution >= 0.6 is 0 Å². The molecule has 1 N–H and O–H groups in total. The van der Waals surface area contributed by atoms with Crippen LogP contribution in [-0.4, -0.2) is 0 Å². The Bertz CT molecular complexity index is 512. The third-order valence-electron chi connectivity index (χ3n) is 2.61. The second-order valence-corrected chi connectivity index (χ2v) is 3.64. The number of rotatable bonds is 1. The molecule has 0 spiro atoms. The lowest BCUT2D eigenvalue weighted by Crippen LogP contribution is -2.72. The van der Waals surface area contributed by atoms with Crippen LogP contribution in [0.3, 0.4) is 0 Å². The van der Waals surface area contributed by atoms with E-state index in [1.807, 2.05) is 12.1 Å². The molecular formula is C14H11N+. The molecule has 1 nitrogen and oxygen atoms in total. The minimum atomic E-state index is 1.18. The molecular weight excluding hydrogens is 182 g/mol. The summed E-state index contributed by atoms with van der Waals surface area (Å²) in [4.78, 5) is 0. The molecule has 1 heteroatoms. The third kappa shape index (κ3) is 1.47. The van der Waals surface area contributed by atoms with Crippen LogP contribution < -0.4 is 5.32 Å². The van der Waals surface area contributed by atoms with Crippen LogP contribution in [-0.2, 0) is 0 Å². The molecule has 0 bridgehead atoms. The Morgan fingerprint density at radius 2 is 1.47 bits per heavy atom. The Kier molecular flexibility index (Phi) is 1.90. The van der Waals surface area contributed by atoms with Crippen molar-refractivity contribution < 1.29 is 5.32 Å². The smallest absolute Gasteiger partial charge is 0.109 e. The first-order valence-electron chi connectivity index (χ1n) is 5.07. The van der Waals surface area contributed by atoms with Gasteiger partial charge < -0.3 is 0 Å². The van der Waals surface area contributed by atoms with E-state index in [9.17, 15) is 0 Å². The Balaban J connectivity index is 2.02. The predicted octanol–water partition coefficient (Wildman–Crippen LogP) is 2.18. The summed E-state index contributed by atoms with van der Waals surface area (Å²) in [5.74, 6) is 0. The van der Waals surface area contributed by atoms with Crippen LogP contribution in [0.4, 0.5) is 5.69 Å². The zero-order chi connectivity index (χ0) is 10.1. The van der Waals surface area contributed by atoms with Gasteiger partial charge in [-0.15, -0.1) is 5.32 Å². The second-order valence-electron chi connectivity index (χ2n) is 3.64. The van der Waals surface area contributed by atoms with Crippen molar-refractivity contribution >= 4 is 17.5 Å². The molecule has 0 aliphatic carbocycles. The first-order chi connectivity index (χ1) is 7.43. The van der Waals surface area contributed by atoms with Gasteiger partial charge in [0.2, 0.25) is 0 Å². The van der Waals surface area contributed by atoms with Crippen molar-refractivity contribution in [1.29, 1.82) is 0 Å². The summed E-state index contributed by atoms with van der Waals surface area (Å²) in [5.41, 5.74) is 4.86. The van der Waals surface area contributed by atoms with Gasteiger partial charge in [0.15, 0.2) is 11.4 Å². The summed E-state index contributed by atoms with van der Waals surface area (Å²) in [6.45, 7) is 0. The molecule has 1 radical (unpaired) electrons. The average molecular weight is 193 g/mol. The number of para-hydroxylation sites is 1. The van der Waals surface area contributed by atoms with Crippen molar-refractivity contribution in [2.75, 3.05) is 0 Å². The van der Waals surface area contributed by atoms with E-state index in [0.717, 1.165) is 0 Å². The van der Waals surface area contributed by atoms with Gasteiger partial charge in [-0.2, -0.15) is 0 Å². The van der Waals surface area contributed by atoms with E-state index in [1.54, 1.807) is 0 Å². The van der Waals surface area contributed by atoms with Gasteiger partial charge in [-0.25, -0.2) is 0 Å². The Labute approximate surface area is 89.1 Å². The van der Waals surface area contributed by atoms with Crippen molar-refractivity contribution in [1.82, 2.24) is 0 Å². The number of anilines is 1. The van der Waals surface area contributed by atoms with Gasteiger partial charge >= 0.3 is 0 Å². The molecule has 15 heavy (non-hydrogen) atoms. The number of nitrogens with one attached hydrogen (secondary N) is 1. The fourth-order valence-corrected chi connectivity index (χ4v) is 1.85. The molecule has 0 atom stereocenters. The minimum Gasteiger partial charge on any atom is -0.109 e. The molecule has 0 aromatic heterocycles. The zero-order valence-electron chi connectivity index (χ0n) is 8.27. The molecule has 0 amide bonds. The van der Waals surface area contributed by atoms with E-state index in [-0.39, 0.29) is 0 Å². The largest absolute Gasteiger partial charge is 0.192 e. The van der Waals surface area contributed by atoms with Crippen LogP contribution in [0, 0.1) is 0 Å². The molecule has 71 valence electrons. The van der Waals surface area contributed by atoms with Crippen LogP contribution in [0.25, 0.3) is 11.8 Å². The fraction of sp³-hybridized carbons (Fsp3) is 0. The normalized spacial score (nSPS) is 13.5. The lowest BCUT2D eigenvalue weighted by atomic mass is 10.1. The molecule has 0 fully saturated rings. The van der Waals surface area contributed by atoms with Crippen LogP contribution in [0.5, 0.6) is 0 Å². The highest BCUT2D eigenvalue weighted by Gasteiger charge is 2.21. The molecule has 1 aliphatic heterocycles. The SMILES string of the molecule is C1=C(c2ccccc2)[NH+]c2ccccc21. The van der Waals surface area contributed by atoms with Gasteiger partial charge in [0.25, 0.3) is 0 Å². The van der Waals surface area contributed by atoms with Crippen molar-refractivity contribution in [2.45, 2.75) is 0 Å². The molecule has 1 aliphatic rings. The summed E-state index contributed by atoms with van der Waals surface area (Å²) in [7, 11) is 0. The van der Waals surface area contributed by atoms with Gasteiger partial charge in [-0.1, -0.05) is 30.3 Å². The molecule has 2 aromatic rings. The Morgan fingerprint density at radius 1 is 0.733 bits per heavy atom. The summed E-state index contributed by atoms with van der Waals surface area (Å²) < 4.78 is 0. The standard InChI is InChI=1S/C14H11N/c1-2-6-11(7-3-1)14-10-12-8-4-5-9-13(12)15-14/h1-10,15H/q+1.